The van der Waals surface area contributed by atoms with Crippen molar-refractivity contribution in [2.45, 2.75) is 19.1 Å². The Kier molecular flexibility index (Phi) is 2.70. The maximum atomic E-state index is 10.0. The van der Waals surface area contributed by atoms with Gasteiger partial charge in [0.2, 0.25) is 0 Å². The van der Waals surface area contributed by atoms with Crippen LogP contribution in [0, 0.1) is 0 Å². The Morgan fingerprint density at radius 2 is 1.86 bits per heavy atom. The predicted octanol–water partition coefficient (Wildman–Crippen LogP) is 1.36. The summed E-state index contributed by atoms with van der Waals surface area (Å²) < 4.78 is 0. The first-order chi connectivity index (χ1) is 6.79. The van der Waals surface area contributed by atoms with E-state index in [4.69, 9.17) is 5.73 Å². The van der Waals surface area contributed by atoms with Crippen molar-refractivity contribution in [3.8, 4) is 0 Å². The molecule has 0 spiro atoms. The highest BCUT2D eigenvalue weighted by Crippen LogP contribution is 2.26. The van der Waals surface area contributed by atoms with Crippen molar-refractivity contribution in [2.24, 2.45) is 0 Å². The molecule has 1 aliphatic heterocycles. The van der Waals surface area contributed by atoms with Gasteiger partial charge in [0.25, 0.3) is 0 Å². The van der Waals surface area contributed by atoms with Crippen LogP contribution in [0.25, 0.3) is 0 Å². The van der Waals surface area contributed by atoms with E-state index in [9.17, 15) is 5.11 Å². The van der Waals surface area contributed by atoms with Gasteiger partial charge in [-0.15, -0.1) is 0 Å². The third-order valence-electron chi connectivity index (χ3n) is 2.76. The van der Waals surface area contributed by atoms with Crippen molar-refractivity contribution in [1.29, 1.82) is 0 Å². The summed E-state index contributed by atoms with van der Waals surface area (Å²) >= 11 is 0. The largest absolute Gasteiger partial charge is 0.398 e. The number of para-hydroxylation sites is 1. The van der Waals surface area contributed by atoms with Crippen LogP contribution in [-0.4, -0.2) is 23.1 Å². The minimum absolute atomic E-state index is 0.529. The summed E-state index contributed by atoms with van der Waals surface area (Å²) in [4.78, 5) is 2.06. The Morgan fingerprint density at radius 1 is 1.21 bits per heavy atom. The van der Waals surface area contributed by atoms with Gasteiger partial charge in [0.1, 0.15) is 6.23 Å². The molecule has 3 heteroatoms. The van der Waals surface area contributed by atoms with E-state index in [0.717, 1.165) is 18.7 Å². The van der Waals surface area contributed by atoms with Gasteiger partial charge in [0, 0.05) is 24.3 Å². The van der Waals surface area contributed by atoms with Gasteiger partial charge < -0.3 is 10.8 Å². The fourth-order valence-electron chi connectivity index (χ4n) is 1.93. The molecule has 1 aromatic carbocycles. The second-order valence-electron chi connectivity index (χ2n) is 3.75. The molecule has 1 aromatic rings. The van der Waals surface area contributed by atoms with E-state index in [2.05, 4.69) is 4.90 Å². The minimum Gasteiger partial charge on any atom is -0.398 e. The number of aliphatic hydroxyl groups excluding tert-OH is 1. The number of nitrogen functional groups attached to an aromatic ring is 1. The van der Waals surface area contributed by atoms with Crippen LogP contribution in [0.2, 0.25) is 0 Å². The molecule has 0 aromatic heterocycles. The van der Waals surface area contributed by atoms with E-state index < -0.39 is 6.23 Å². The molecule has 0 radical (unpaired) electrons. The summed E-state index contributed by atoms with van der Waals surface area (Å²) in [6, 6.07) is 7.51. The Labute approximate surface area is 84.1 Å². The number of hydrogen-bond acceptors (Lipinski definition) is 3. The van der Waals surface area contributed by atoms with Gasteiger partial charge in [-0.05, 0) is 18.9 Å². The topological polar surface area (TPSA) is 49.5 Å². The van der Waals surface area contributed by atoms with Gasteiger partial charge in [-0.1, -0.05) is 18.2 Å². The number of anilines is 1. The highest BCUT2D eigenvalue weighted by molar-refractivity contribution is 5.47. The lowest BCUT2D eigenvalue weighted by molar-refractivity contribution is 0.0196. The van der Waals surface area contributed by atoms with Crippen LogP contribution >= 0.6 is 0 Å². The molecule has 0 aliphatic carbocycles. The standard InChI is InChI=1S/C11H16N2O/c12-10-6-2-1-5-9(10)11(14)13-7-3-4-8-13/h1-2,5-6,11,14H,3-4,7-8,12H2. The lowest BCUT2D eigenvalue weighted by Gasteiger charge is -2.23. The molecule has 1 saturated heterocycles. The molecule has 0 amide bonds. The summed E-state index contributed by atoms with van der Waals surface area (Å²) in [6.07, 6.45) is 1.81. The van der Waals surface area contributed by atoms with Crippen LogP contribution in [0.3, 0.4) is 0 Å². The van der Waals surface area contributed by atoms with Crippen molar-refractivity contribution < 1.29 is 5.11 Å². The lowest BCUT2D eigenvalue weighted by atomic mass is 10.1. The first kappa shape index (κ1) is 9.49. The third-order valence-corrected chi connectivity index (χ3v) is 2.76. The molecular formula is C11H16N2O. The van der Waals surface area contributed by atoms with E-state index in [0.29, 0.717) is 5.69 Å². The first-order valence-electron chi connectivity index (χ1n) is 5.05. The quantitative estimate of drug-likeness (QED) is 0.695. The number of nitrogens with two attached hydrogens (primary N) is 1. The van der Waals surface area contributed by atoms with Crippen molar-refractivity contribution in [3.63, 3.8) is 0 Å². The van der Waals surface area contributed by atoms with Crippen LogP contribution in [0.5, 0.6) is 0 Å². The van der Waals surface area contributed by atoms with Gasteiger partial charge in [0.15, 0.2) is 0 Å². The van der Waals surface area contributed by atoms with E-state index in [1.165, 1.54) is 12.8 Å². The number of rotatable bonds is 2. The third kappa shape index (κ3) is 1.74. The molecule has 1 heterocycles. The zero-order chi connectivity index (χ0) is 9.97. The average Bonchev–Trinajstić information content (AvgIpc) is 2.70. The van der Waals surface area contributed by atoms with E-state index >= 15 is 0 Å². The summed E-state index contributed by atoms with van der Waals surface area (Å²) in [5, 5.41) is 10.0. The summed E-state index contributed by atoms with van der Waals surface area (Å²) in [6.45, 7) is 1.94. The van der Waals surface area contributed by atoms with Crippen LogP contribution in [-0.2, 0) is 0 Å². The molecule has 1 fully saturated rings. The zero-order valence-corrected chi connectivity index (χ0v) is 8.19. The highest BCUT2D eigenvalue weighted by Gasteiger charge is 2.22. The normalized spacial score (nSPS) is 19.8. The fourth-order valence-corrected chi connectivity index (χ4v) is 1.93. The number of benzene rings is 1. The molecule has 14 heavy (non-hydrogen) atoms. The summed E-state index contributed by atoms with van der Waals surface area (Å²) in [7, 11) is 0. The Bertz CT molecular complexity index is 308. The molecule has 1 atom stereocenters. The average molecular weight is 192 g/mol. The molecule has 1 unspecified atom stereocenters. The van der Waals surface area contributed by atoms with E-state index in [-0.39, 0.29) is 0 Å². The van der Waals surface area contributed by atoms with Gasteiger partial charge in [-0.25, -0.2) is 0 Å². The van der Waals surface area contributed by atoms with Crippen molar-refractivity contribution >= 4 is 5.69 Å². The fraction of sp³-hybridized carbons (Fsp3) is 0.455. The van der Waals surface area contributed by atoms with Crippen LogP contribution < -0.4 is 5.73 Å². The summed E-state index contributed by atoms with van der Waals surface area (Å²) in [5.41, 5.74) is 7.30. The Morgan fingerprint density at radius 3 is 2.50 bits per heavy atom. The van der Waals surface area contributed by atoms with Gasteiger partial charge >= 0.3 is 0 Å². The molecule has 2 rings (SSSR count). The second kappa shape index (κ2) is 3.98. The van der Waals surface area contributed by atoms with E-state index in [1.54, 1.807) is 0 Å². The Balaban J connectivity index is 2.17. The van der Waals surface area contributed by atoms with Gasteiger partial charge in [0.05, 0.1) is 0 Å². The molecule has 0 bridgehead atoms. The predicted molar refractivity (Wildman–Crippen MR) is 56.6 cm³/mol. The second-order valence-corrected chi connectivity index (χ2v) is 3.75. The number of aliphatic hydroxyl groups is 1. The van der Waals surface area contributed by atoms with Crippen molar-refractivity contribution in [1.82, 2.24) is 4.90 Å². The minimum atomic E-state index is -0.529. The maximum absolute atomic E-state index is 10.0. The molecule has 0 saturated carbocycles. The SMILES string of the molecule is Nc1ccccc1C(O)N1CCCC1. The Hall–Kier alpha value is -1.06. The van der Waals surface area contributed by atoms with Crippen molar-refractivity contribution in [3.05, 3.63) is 29.8 Å². The zero-order valence-electron chi connectivity index (χ0n) is 8.19. The van der Waals surface area contributed by atoms with Gasteiger partial charge in [-0.3, -0.25) is 4.90 Å². The number of likely N-dealkylation sites (tertiary alicyclic amines) is 1. The van der Waals surface area contributed by atoms with Crippen LogP contribution in [0.1, 0.15) is 24.6 Å². The van der Waals surface area contributed by atoms with Crippen LogP contribution in [0.15, 0.2) is 24.3 Å². The highest BCUT2D eigenvalue weighted by atomic mass is 16.3. The molecule has 3 N–H and O–H groups in total. The molecule has 76 valence electrons. The summed E-state index contributed by atoms with van der Waals surface area (Å²) in [5.74, 6) is 0. The number of hydrogen-bond donors (Lipinski definition) is 2. The molecule has 3 nitrogen and oxygen atoms in total. The van der Waals surface area contributed by atoms with Gasteiger partial charge in [-0.2, -0.15) is 0 Å². The van der Waals surface area contributed by atoms with Crippen molar-refractivity contribution in [2.75, 3.05) is 18.8 Å². The first-order valence-corrected chi connectivity index (χ1v) is 5.05. The molecule has 1 aliphatic rings. The number of nitrogens with zero attached hydrogens (tertiary/aromatic N) is 1. The van der Waals surface area contributed by atoms with E-state index in [1.807, 2.05) is 24.3 Å². The monoisotopic (exact) mass is 192 g/mol. The maximum Gasteiger partial charge on any atom is 0.135 e. The lowest BCUT2D eigenvalue weighted by Crippen LogP contribution is -2.25. The molecular weight excluding hydrogens is 176 g/mol. The smallest absolute Gasteiger partial charge is 0.135 e. The van der Waals surface area contributed by atoms with Crippen LogP contribution in [0.4, 0.5) is 5.69 Å².